The third kappa shape index (κ3) is 3.32. The zero-order valence-corrected chi connectivity index (χ0v) is 11.6. The molecule has 2 rings (SSSR count). The lowest BCUT2D eigenvalue weighted by atomic mass is 10.1. The van der Waals surface area contributed by atoms with Crippen molar-refractivity contribution in [1.82, 2.24) is 4.90 Å². The van der Waals surface area contributed by atoms with E-state index in [1.165, 1.54) is 0 Å². The Morgan fingerprint density at radius 2 is 1.80 bits per heavy atom. The fourth-order valence-electron chi connectivity index (χ4n) is 2.08. The molecule has 1 aromatic carbocycles. The Morgan fingerprint density at radius 1 is 1.25 bits per heavy atom. The van der Waals surface area contributed by atoms with Crippen LogP contribution in [0.3, 0.4) is 0 Å². The Balaban J connectivity index is 2.19. The highest BCUT2D eigenvalue weighted by Crippen LogP contribution is 2.29. The summed E-state index contributed by atoms with van der Waals surface area (Å²) in [5.41, 5.74) is -0.128. The zero-order valence-electron chi connectivity index (χ0n) is 11.6. The normalized spacial score (nSPS) is 14.7. The van der Waals surface area contributed by atoms with E-state index < -0.39 is 23.4 Å². The highest BCUT2D eigenvalue weighted by molar-refractivity contribution is 5.94. The average Bonchev–Trinajstić information content (AvgIpc) is 3.19. The van der Waals surface area contributed by atoms with Crippen LogP contribution in [0, 0.1) is 23.4 Å². The third-order valence-corrected chi connectivity index (χ3v) is 3.43. The second-order valence-electron chi connectivity index (χ2n) is 5.67. The van der Waals surface area contributed by atoms with Gasteiger partial charge in [0.25, 0.3) is 5.91 Å². The molecule has 0 spiro atoms. The molecule has 20 heavy (non-hydrogen) atoms. The van der Waals surface area contributed by atoms with Crippen LogP contribution in [0.5, 0.6) is 0 Å². The second-order valence-corrected chi connectivity index (χ2v) is 5.67. The molecule has 0 N–H and O–H groups in total. The van der Waals surface area contributed by atoms with Crippen molar-refractivity contribution in [1.29, 1.82) is 0 Å². The van der Waals surface area contributed by atoms with Crippen molar-refractivity contribution in [3.8, 4) is 0 Å². The van der Waals surface area contributed by atoms with Crippen molar-refractivity contribution < 1.29 is 18.0 Å². The van der Waals surface area contributed by atoms with Crippen molar-refractivity contribution in [2.24, 2.45) is 5.92 Å². The summed E-state index contributed by atoms with van der Waals surface area (Å²) in [5.74, 6) is -4.18. The zero-order chi connectivity index (χ0) is 14.9. The molecule has 1 amide bonds. The lowest BCUT2D eigenvalue weighted by molar-refractivity contribution is 0.0734. The third-order valence-electron chi connectivity index (χ3n) is 3.43. The van der Waals surface area contributed by atoms with E-state index in [2.05, 4.69) is 0 Å². The minimum atomic E-state index is -1.54. The van der Waals surface area contributed by atoms with Gasteiger partial charge in [0.05, 0.1) is 0 Å². The summed E-state index contributed by atoms with van der Waals surface area (Å²) in [6, 6.07) is 1.69. The number of amides is 1. The van der Waals surface area contributed by atoms with Crippen molar-refractivity contribution in [2.75, 3.05) is 6.54 Å². The quantitative estimate of drug-likeness (QED) is 0.754. The Kier molecular flexibility index (Phi) is 4.35. The molecule has 0 aliphatic heterocycles. The SMILES string of the molecule is CC(C)CCN(C(=O)c1cc(F)c(F)c(F)c1)C1CC1. The molecule has 0 unspecified atom stereocenters. The standard InChI is InChI=1S/C15H18F3NO/c1-9(2)5-6-19(11-3-4-11)15(20)10-7-12(16)14(18)13(17)8-10/h7-9,11H,3-6H2,1-2H3. The molecule has 0 saturated heterocycles. The average molecular weight is 285 g/mol. The van der Waals surface area contributed by atoms with E-state index in [1.54, 1.807) is 4.90 Å². The summed E-state index contributed by atoms with van der Waals surface area (Å²) in [7, 11) is 0. The first-order valence-electron chi connectivity index (χ1n) is 6.85. The number of hydrogen-bond donors (Lipinski definition) is 0. The van der Waals surface area contributed by atoms with Gasteiger partial charge in [-0.3, -0.25) is 4.79 Å². The summed E-state index contributed by atoms with van der Waals surface area (Å²) in [4.78, 5) is 14.0. The van der Waals surface area contributed by atoms with Gasteiger partial charge in [-0.05, 0) is 37.3 Å². The number of benzene rings is 1. The fourth-order valence-corrected chi connectivity index (χ4v) is 2.08. The van der Waals surface area contributed by atoms with Crippen molar-refractivity contribution >= 4 is 5.91 Å². The lowest BCUT2D eigenvalue weighted by Crippen LogP contribution is -2.34. The van der Waals surface area contributed by atoms with Crippen LogP contribution in [0.25, 0.3) is 0 Å². The number of carbonyl (C=O) groups is 1. The van der Waals surface area contributed by atoms with Gasteiger partial charge in [-0.15, -0.1) is 0 Å². The monoisotopic (exact) mass is 285 g/mol. The largest absolute Gasteiger partial charge is 0.336 e. The molecule has 1 aliphatic rings. The summed E-state index contributed by atoms with van der Waals surface area (Å²) in [6.45, 7) is 4.65. The highest BCUT2D eigenvalue weighted by atomic mass is 19.2. The van der Waals surface area contributed by atoms with Crippen molar-refractivity contribution in [2.45, 2.75) is 39.2 Å². The predicted molar refractivity (Wildman–Crippen MR) is 69.8 cm³/mol. The predicted octanol–water partition coefficient (Wildman–Crippen LogP) is 3.75. The maximum Gasteiger partial charge on any atom is 0.254 e. The van der Waals surface area contributed by atoms with E-state index >= 15 is 0 Å². The van der Waals surface area contributed by atoms with Crippen LogP contribution in [-0.4, -0.2) is 23.4 Å². The summed E-state index contributed by atoms with van der Waals surface area (Å²) >= 11 is 0. The number of carbonyl (C=O) groups excluding carboxylic acids is 1. The molecular formula is C15H18F3NO. The van der Waals surface area contributed by atoms with Crippen molar-refractivity contribution in [3.63, 3.8) is 0 Å². The molecule has 0 atom stereocenters. The van der Waals surface area contributed by atoms with E-state index in [0.717, 1.165) is 31.4 Å². The smallest absolute Gasteiger partial charge is 0.254 e. The van der Waals surface area contributed by atoms with Crippen LogP contribution in [0.2, 0.25) is 0 Å². The lowest BCUT2D eigenvalue weighted by Gasteiger charge is -2.23. The molecule has 0 bridgehead atoms. The van der Waals surface area contributed by atoms with E-state index in [0.29, 0.717) is 12.5 Å². The van der Waals surface area contributed by atoms with E-state index in [-0.39, 0.29) is 11.6 Å². The number of nitrogens with zero attached hydrogens (tertiary/aromatic N) is 1. The van der Waals surface area contributed by atoms with Gasteiger partial charge in [0.2, 0.25) is 0 Å². The number of rotatable bonds is 5. The maximum absolute atomic E-state index is 13.2. The molecule has 0 radical (unpaired) electrons. The first kappa shape index (κ1) is 14.9. The molecule has 0 heterocycles. The minimum Gasteiger partial charge on any atom is -0.336 e. The van der Waals surface area contributed by atoms with Crippen LogP contribution >= 0.6 is 0 Å². The molecule has 1 aromatic rings. The van der Waals surface area contributed by atoms with Gasteiger partial charge in [0, 0.05) is 18.2 Å². The van der Waals surface area contributed by atoms with Gasteiger partial charge >= 0.3 is 0 Å². The molecule has 1 saturated carbocycles. The fraction of sp³-hybridized carbons (Fsp3) is 0.533. The van der Waals surface area contributed by atoms with Gasteiger partial charge in [0.1, 0.15) is 0 Å². The second kappa shape index (κ2) is 5.85. The first-order chi connectivity index (χ1) is 9.40. The Hall–Kier alpha value is -1.52. The van der Waals surface area contributed by atoms with Crippen LogP contribution in [0.15, 0.2) is 12.1 Å². The Morgan fingerprint density at radius 3 is 2.25 bits per heavy atom. The molecule has 1 fully saturated rings. The Labute approximate surface area is 116 Å². The van der Waals surface area contributed by atoms with Gasteiger partial charge < -0.3 is 4.90 Å². The topological polar surface area (TPSA) is 20.3 Å². The van der Waals surface area contributed by atoms with Gasteiger partial charge in [-0.1, -0.05) is 13.8 Å². The van der Waals surface area contributed by atoms with Crippen LogP contribution in [0.1, 0.15) is 43.5 Å². The maximum atomic E-state index is 13.2. The molecule has 110 valence electrons. The van der Waals surface area contributed by atoms with Gasteiger partial charge in [-0.2, -0.15) is 0 Å². The molecule has 2 nitrogen and oxygen atoms in total. The molecular weight excluding hydrogens is 267 g/mol. The number of halogens is 3. The Bertz CT molecular complexity index is 489. The minimum absolute atomic E-state index is 0.128. The van der Waals surface area contributed by atoms with Crippen LogP contribution < -0.4 is 0 Å². The summed E-state index contributed by atoms with van der Waals surface area (Å²) < 4.78 is 39.3. The van der Waals surface area contributed by atoms with E-state index in [4.69, 9.17) is 0 Å². The van der Waals surface area contributed by atoms with Gasteiger partial charge in [0.15, 0.2) is 17.5 Å². The number of hydrogen-bond acceptors (Lipinski definition) is 1. The molecule has 1 aliphatic carbocycles. The van der Waals surface area contributed by atoms with Gasteiger partial charge in [-0.25, -0.2) is 13.2 Å². The van der Waals surface area contributed by atoms with Crippen LogP contribution in [0.4, 0.5) is 13.2 Å². The summed E-state index contributed by atoms with van der Waals surface area (Å²) in [5, 5.41) is 0. The van der Waals surface area contributed by atoms with E-state index in [1.807, 2.05) is 13.8 Å². The van der Waals surface area contributed by atoms with Crippen LogP contribution in [-0.2, 0) is 0 Å². The van der Waals surface area contributed by atoms with E-state index in [9.17, 15) is 18.0 Å². The summed E-state index contributed by atoms with van der Waals surface area (Å²) in [6.07, 6.45) is 2.65. The van der Waals surface area contributed by atoms with Crippen molar-refractivity contribution in [3.05, 3.63) is 35.1 Å². The highest BCUT2D eigenvalue weighted by Gasteiger charge is 2.33. The molecule has 5 heteroatoms. The first-order valence-corrected chi connectivity index (χ1v) is 6.85. The molecule has 0 aromatic heterocycles.